The normalized spacial score (nSPS) is 11.2. The first kappa shape index (κ1) is 12.5. The maximum Gasteiger partial charge on any atom is 0.122 e. The van der Waals surface area contributed by atoms with E-state index >= 15 is 0 Å². The fourth-order valence-corrected chi connectivity index (χ4v) is 2.41. The van der Waals surface area contributed by atoms with Crippen molar-refractivity contribution in [3.63, 3.8) is 0 Å². The Hall–Kier alpha value is -2.54. The minimum atomic E-state index is 0.321. The van der Waals surface area contributed by atoms with Crippen LogP contribution in [0.3, 0.4) is 0 Å². The Morgan fingerprint density at radius 3 is 2.45 bits per heavy atom. The molecule has 20 heavy (non-hydrogen) atoms. The lowest BCUT2D eigenvalue weighted by molar-refractivity contribution is 0.474. The molecule has 1 N–H and O–H groups in total. The van der Waals surface area contributed by atoms with Gasteiger partial charge in [0.15, 0.2) is 0 Å². The zero-order valence-corrected chi connectivity index (χ0v) is 11.2. The molecule has 0 radical (unpaired) electrons. The number of allylic oxidation sites excluding steroid dienone is 1. The van der Waals surface area contributed by atoms with Crippen molar-refractivity contribution in [3.8, 4) is 5.75 Å². The first-order valence-electron chi connectivity index (χ1n) is 6.76. The van der Waals surface area contributed by atoms with Crippen molar-refractivity contribution in [1.82, 2.24) is 0 Å². The average Bonchev–Trinajstić information content (AvgIpc) is 2.49. The summed E-state index contributed by atoms with van der Waals surface area (Å²) in [7, 11) is 0. The largest absolute Gasteiger partial charge is 0.507 e. The van der Waals surface area contributed by atoms with E-state index in [-0.39, 0.29) is 0 Å². The van der Waals surface area contributed by atoms with Crippen LogP contribution in [0, 0.1) is 0 Å². The van der Waals surface area contributed by atoms with E-state index < -0.39 is 0 Å². The molecular weight excluding hydrogens is 244 g/mol. The predicted octanol–water partition coefficient (Wildman–Crippen LogP) is 4.80. The van der Waals surface area contributed by atoms with E-state index in [2.05, 4.69) is 48.5 Å². The second-order valence-corrected chi connectivity index (χ2v) is 4.80. The number of para-hydroxylation sites is 1. The van der Waals surface area contributed by atoms with Gasteiger partial charge in [-0.25, -0.2) is 0 Å². The molecule has 0 spiro atoms. The molecule has 0 aliphatic heterocycles. The third kappa shape index (κ3) is 2.57. The molecule has 0 bridgehead atoms. The molecule has 1 heteroatoms. The lowest BCUT2D eigenvalue weighted by Gasteiger charge is -2.03. The number of phenolic OH excluding ortho intramolecular Hbond substituents is 1. The number of fused-ring (bicyclic) bond motifs is 1. The lowest BCUT2D eigenvalue weighted by atomic mass is 10.0. The van der Waals surface area contributed by atoms with Crippen molar-refractivity contribution in [2.45, 2.75) is 6.42 Å². The first-order valence-corrected chi connectivity index (χ1v) is 6.76. The number of hydrogen-bond acceptors (Lipinski definition) is 1. The van der Waals surface area contributed by atoms with E-state index in [4.69, 9.17) is 0 Å². The molecule has 3 rings (SSSR count). The van der Waals surface area contributed by atoms with Crippen LogP contribution in [-0.4, -0.2) is 5.11 Å². The summed E-state index contributed by atoms with van der Waals surface area (Å²) in [6.07, 6.45) is 4.92. The quantitative estimate of drug-likeness (QED) is 0.717. The molecule has 3 aromatic rings. The van der Waals surface area contributed by atoms with Crippen molar-refractivity contribution >= 4 is 16.8 Å². The minimum absolute atomic E-state index is 0.321. The topological polar surface area (TPSA) is 20.2 Å². The Balaban J connectivity index is 1.86. The zero-order valence-electron chi connectivity index (χ0n) is 11.2. The molecule has 0 aliphatic rings. The summed E-state index contributed by atoms with van der Waals surface area (Å²) in [5.74, 6) is 0.321. The Kier molecular flexibility index (Phi) is 3.51. The number of phenols is 1. The molecule has 0 fully saturated rings. The van der Waals surface area contributed by atoms with Crippen molar-refractivity contribution < 1.29 is 5.11 Å². The molecule has 0 atom stereocenters. The van der Waals surface area contributed by atoms with Gasteiger partial charge in [-0.1, -0.05) is 72.8 Å². The van der Waals surface area contributed by atoms with E-state index in [1.54, 1.807) is 6.07 Å². The molecule has 3 aromatic carbocycles. The Labute approximate surface area is 118 Å². The van der Waals surface area contributed by atoms with Gasteiger partial charge in [0.25, 0.3) is 0 Å². The van der Waals surface area contributed by atoms with Gasteiger partial charge in [-0.05, 0) is 28.8 Å². The summed E-state index contributed by atoms with van der Waals surface area (Å²) >= 11 is 0. The van der Waals surface area contributed by atoms with Crippen molar-refractivity contribution in [2.75, 3.05) is 0 Å². The monoisotopic (exact) mass is 260 g/mol. The molecule has 0 amide bonds. The van der Waals surface area contributed by atoms with Crippen LogP contribution in [0.25, 0.3) is 16.8 Å². The summed E-state index contributed by atoms with van der Waals surface area (Å²) in [5, 5.41) is 12.3. The van der Waals surface area contributed by atoms with Gasteiger partial charge >= 0.3 is 0 Å². The molecule has 0 aliphatic carbocycles. The molecule has 1 nitrogen and oxygen atoms in total. The van der Waals surface area contributed by atoms with Gasteiger partial charge in [-0.15, -0.1) is 0 Å². The van der Waals surface area contributed by atoms with Crippen LogP contribution in [0.15, 0.2) is 72.8 Å². The molecular formula is C19H16O. The van der Waals surface area contributed by atoms with E-state index in [1.807, 2.05) is 24.3 Å². The smallest absolute Gasteiger partial charge is 0.122 e. The standard InChI is InChI=1S/C19H16O/c20-19-14-4-2-8-17(19)12-6-11-16-10-5-9-15-7-1-3-13-18(15)16/h1-10,12-14,20H,11H2/b12-6+. The highest BCUT2D eigenvalue weighted by molar-refractivity contribution is 5.85. The van der Waals surface area contributed by atoms with Crippen LogP contribution in [0.5, 0.6) is 5.75 Å². The zero-order chi connectivity index (χ0) is 13.8. The van der Waals surface area contributed by atoms with Crippen LogP contribution in [0.2, 0.25) is 0 Å². The summed E-state index contributed by atoms with van der Waals surface area (Å²) in [6, 6.07) is 22.2. The summed E-state index contributed by atoms with van der Waals surface area (Å²) in [4.78, 5) is 0. The summed E-state index contributed by atoms with van der Waals surface area (Å²) in [5.41, 5.74) is 2.16. The van der Waals surface area contributed by atoms with Gasteiger partial charge in [0, 0.05) is 5.56 Å². The predicted molar refractivity (Wildman–Crippen MR) is 84.8 cm³/mol. The van der Waals surface area contributed by atoms with Crippen molar-refractivity contribution in [2.24, 2.45) is 0 Å². The second-order valence-electron chi connectivity index (χ2n) is 4.80. The number of hydrogen-bond donors (Lipinski definition) is 1. The highest BCUT2D eigenvalue weighted by Gasteiger charge is 1.98. The van der Waals surface area contributed by atoms with Gasteiger partial charge in [-0.2, -0.15) is 0 Å². The summed E-state index contributed by atoms with van der Waals surface area (Å²) < 4.78 is 0. The molecule has 0 saturated heterocycles. The van der Waals surface area contributed by atoms with Crippen LogP contribution < -0.4 is 0 Å². The number of benzene rings is 3. The highest BCUT2D eigenvalue weighted by Crippen LogP contribution is 2.21. The maximum atomic E-state index is 9.73. The van der Waals surface area contributed by atoms with Crippen LogP contribution in [0.4, 0.5) is 0 Å². The number of rotatable bonds is 3. The first-order chi connectivity index (χ1) is 9.84. The number of aromatic hydroxyl groups is 1. The third-order valence-electron chi connectivity index (χ3n) is 3.45. The van der Waals surface area contributed by atoms with Crippen LogP contribution >= 0.6 is 0 Å². The van der Waals surface area contributed by atoms with Gasteiger partial charge in [0.1, 0.15) is 5.75 Å². The van der Waals surface area contributed by atoms with E-state index in [0.717, 1.165) is 12.0 Å². The molecule has 0 heterocycles. The Morgan fingerprint density at radius 1 is 0.800 bits per heavy atom. The van der Waals surface area contributed by atoms with E-state index in [1.165, 1.54) is 16.3 Å². The van der Waals surface area contributed by atoms with Gasteiger partial charge in [-0.3, -0.25) is 0 Å². The van der Waals surface area contributed by atoms with E-state index in [0.29, 0.717) is 5.75 Å². The van der Waals surface area contributed by atoms with Crippen LogP contribution in [0.1, 0.15) is 11.1 Å². The molecule has 0 saturated carbocycles. The Bertz CT molecular complexity index is 751. The van der Waals surface area contributed by atoms with Gasteiger partial charge < -0.3 is 5.11 Å². The lowest BCUT2D eigenvalue weighted by Crippen LogP contribution is -1.84. The fraction of sp³-hybridized carbons (Fsp3) is 0.0526. The molecule has 0 unspecified atom stereocenters. The minimum Gasteiger partial charge on any atom is -0.507 e. The van der Waals surface area contributed by atoms with E-state index in [9.17, 15) is 5.11 Å². The SMILES string of the molecule is Oc1ccccc1/C=C/Cc1cccc2ccccc12. The van der Waals surface area contributed by atoms with Crippen LogP contribution in [-0.2, 0) is 6.42 Å². The second kappa shape index (κ2) is 5.62. The molecule has 0 aromatic heterocycles. The summed E-state index contributed by atoms with van der Waals surface area (Å²) in [6.45, 7) is 0. The van der Waals surface area contributed by atoms with Crippen molar-refractivity contribution in [3.05, 3.63) is 83.9 Å². The fourth-order valence-electron chi connectivity index (χ4n) is 2.41. The van der Waals surface area contributed by atoms with Gasteiger partial charge in [0.05, 0.1) is 0 Å². The van der Waals surface area contributed by atoms with Crippen molar-refractivity contribution in [1.29, 1.82) is 0 Å². The third-order valence-corrected chi connectivity index (χ3v) is 3.45. The average molecular weight is 260 g/mol. The molecule has 98 valence electrons. The Morgan fingerprint density at radius 2 is 1.55 bits per heavy atom. The maximum absolute atomic E-state index is 9.73. The highest BCUT2D eigenvalue weighted by atomic mass is 16.3. The van der Waals surface area contributed by atoms with Gasteiger partial charge in [0.2, 0.25) is 0 Å².